The van der Waals surface area contributed by atoms with Gasteiger partial charge in [-0.2, -0.15) is 0 Å². The first-order chi connectivity index (χ1) is 8.87. The Hall–Kier alpha value is -1.01. The Morgan fingerprint density at radius 2 is 2.00 bits per heavy atom. The average molecular weight is 296 g/mol. The maximum absolute atomic E-state index is 11.7. The molecule has 2 heterocycles. The van der Waals surface area contributed by atoms with Gasteiger partial charge in [0, 0.05) is 10.9 Å². The monoisotopic (exact) mass is 296 g/mol. The fourth-order valence-corrected chi connectivity index (χ4v) is 6.48. The van der Waals surface area contributed by atoms with E-state index in [1.54, 1.807) is 0 Å². The van der Waals surface area contributed by atoms with Gasteiger partial charge in [0.2, 0.25) is 0 Å². The van der Waals surface area contributed by atoms with E-state index in [-0.39, 0.29) is 22.8 Å². The highest BCUT2D eigenvalue weighted by molar-refractivity contribution is 8.15. The summed E-state index contributed by atoms with van der Waals surface area (Å²) in [5, 5.41) is 8.57. The molecule has 1 N–H and O–H groups in total. The first kappa shape index (κ1) is 13.0. The molecule has 1 aromatic rings. The summed E-state index contributed by atoms with van der Waals surface area (Å²) >= 11 is 1.38. The first-order valence-corrected chi connectivity index (χ1v) is 8.89. The number of nitrogens with zero attached hydrogens (tertiary/aromatic N) is 1. The lowest BCUT2D eigenvalue weighted by Gasteiger charge is -2.24. The van der Waals surface area contributed by atoms with Gasteiger partial charge in [0.25, 0.3) is 0 Å². The molecule has 6 heteroatoms. The first-order valence-electron chi connectivity index (χ1n) is 6.19. The maximum Gasteiger partial charge on any atom is 0.161 e. The molecule has 1 aromatic carbocycles. The van der Waals surface area contributed by atoms with Gasteiger partial charge in [-0.05, 0) is 37.1 Å². The minimum Gasteiger partial charge on any atom is -0.316 e. The van der Waals surface area contributed by atoms with E-state index in [4.69, 9.17) is 5.41 Å². The molecule has 2 saturated heterocycles. The quantitative estimate of drug-likeness (QED) is 0.860. The lowest BCUT2D eigenvalue weighted by atomic mass is 10.1. The van der Waals surface area contributed by atoms with E-state index < -0.39 is 9.84 Å². The summed E-state index contributed by atoms with van der Waals surface area (Å²) in [4.78, 5) is 1.88. The largest absolute Gasteiger partial charge is 0.316 e. The summed E-state index contributed by atoms with van der Waals surface area (Å²) in [5.41, 5.74) is 3.31. The van der Waals surface area contributed by atoms with Crippen molar-refractivity contribution in [3.05, 3.63) is 29.3 Å². The molecule has 3 rings (SSSR count). The summed E-state index contributed by atoms with van der Waals surface area (Å²) < 4.78 is 23.5. The van der Waals surface area contributed by atoms with E-state index in [0.29, 0.717) is 5.17 Å². The van der Waals surface area contributed by atoms with Crippen LogP contribution in [0.1, 0.15) is 11.1 Å². The molecule has 0 spiro atoms. The minimum atomic E-state index is -2.95. The van der Waals surface area contributed by atoms with Crippen molar-refractivity contribution in [2.75, 3.05) is 16.4 Å². The van der Waals surface area contributed by atoms with E-state index in [9.17, 15) is 8.42 Å². The molecule has 19 heavy (non-hydrogen) atoms. The van der Waals surface area contributed by atoms with Crippen LogP contribution in [0.4, 0.5) is 5.69 Å². The minimum absolute atomic E-state index is 0.0131. The van der Waals surface area contributed by atoms with Gasteiger partial charge in [0.1, 0.15) is 0 Å². The van der Waals surface area contributed by atoms with Crippen molar-refractivity contribution in [2.24, 2.45) is 0 Å². The Morgan fingerprint density at radius 3 is 2.68 bits per heavy atom. The van der Waals surface area contributed by atoms with Crippen LogP contribution in [0, 0.1) is 19.3 Å². The fourth-order valence-electron chi connectivity index (χ4n) is 2.69. The van der Waals surface area contributed by atoms with Gasteiger partial charge in [0.15, 0.2) is 15.0 Å². The average Bonchev–Trinajstić information content (AvgIpc) is 2.73. The third-order valence-corrected chi connectivity index (χ3v) is 6.99. The van der Waals surface area contributed by atoms with Crippen molar-refractivity contribution in [1.82, 2.24) is 0 Å². The van der Waals surface area contributed by atoms with E-state index in [1.165, 1.54) is 22.9 Å². The van der Waals surface area contributed by atoms with Crippen LogP contribution in [0.3, 0.4) is 0 Å². The Morgan fingerprint density at radius 1 is 1.26 bits per heavy atom. The molecule has 2 fully saturated rings. The molecule has 2 aliphatic rings. The van der Waals surface area contributed by atoms with Crippen LogP contribution >= 0.6 is 11.8 Å². The number of hydrogen-bond donors (Lipinski definition) is 1. The Labute approximate surface area is 117 Å². The molecule has 0 amide bonds. The highest BCUT2D eigenvalue weighted by atomic mass is 32.2. The van der Waals surface area contributed by atoms with Crippen LogP contribution in [0.2, 0.25) is 0 Å². The zero-order valence-electron chi connectivity index (χ0n) is 10.9. The van der Waals surface area contributed by atoms with Crippen LogP contribution in [0.15, 0.2) is 18.2 Å². The van der Waals surface area contributed by atoms with Crippen molar-refractivity contribution in [3.63, 3.8) is 0 Å². The summed E-state index contributed by atoms with van der Waals surface area (Å²) in [6.45, 7) is 4.08. The maximum atomic E-state index is 11.7. The highest BCUT2D eigenvalue weighted by Crippen LogP contribution is 2.40. The van der Waals surface area contributed by atoms with Crippen molar-refractivity contribution in [3.8, 4) is 0 Å². The van der Waals surface area contributed by atoms with Crippen LogP contribution < -0.4 is 4.90 Å². The van der Waals surface area contributed by atoms with E-state index in [0.717, 1.165) is 5.69 Å². The van der Waals surface area contributed by atoms with Crippen molar-refractivity contribution < 1.29 is 8.42 Å². The third-order valence-electron chi connectivity index (χ3n) is 3.85. The van der Waals surface area contributed by atoms with Gasteiger partial charge in [-0.3, -0.25) is 5.41 Å². The van der Waals surface area contributed by atoms with Gasteiger partial charge in [-0.15, -0.1) is 0 Å². The zero-order chi connectivity index (χ0) is 13.8. The molecular weight excluding hydrogens is 280 g/mol. The number of hydrogen-bond acceptors (Lipinski definition) is 4. The van der Waals surface area contributed by atoms with Gasteiger partial charge >= 0.3 is 0 Å². The van der Waals surface area contributed by atoms with Crippen molar-refractivity contribution in [2.45, 2.75) is 25.1 Å². The van der Waals surface area contributed by atoms with Gasteiger partial charge in [-0.25, -0.2) is 8.42 Å². The number of amidine groups is 1. The number of rotatable bonds is 1. The number of benzene rings is 1. The molecule has 0 saturated carbocycles. The molecule has 102 valence electrons. The van der Waals surface area contributed by atoms with Crippen LogP contribution in [-0.2, 0) is 9.84 Å². The molecule has 0 radical (unpaired) electrons. The summed E-state index contributed by atoms with van der Waals surface area (Å²) in [6, 6.07) is 5.96. The number of nitrogens with one attached hydrogen (secondary N) is 1. The Bertz CT molecular complexity index is 655. The van der Waals surface area contributed by atoms with Gasteiger partial charge in [0.05, 0.1) is 17.5 Å². The molecule has 0 unspecified atom stereocenters. The Balaban J connectivity index is 1.99. The van der Waals surface area contributed by atoms with Crippen LogP contribution in [0.5, 0.6) is 0 Å². The number of thioether (sulfide) groups is 1. The molecule has 2 atom stereocenters. The molecule has 0 aromatic heterocycles. The normalized spacial score (nSPS) is 28.7. The fraction of sp³-hybridized carbons (Fsp3) is 0.462. The molecule has 0 aliphatic carbocycles. The summed E-state index contributed by atoms with van der Waals surface area (Å²) in [7, 11) is -2.95. The summed E-state index contributed by atoms with van der Waals surface area (Å²) in [6.07, 6.45) is 0. The van der Waals surface area contributed by atoms with Crippen molar-refractivity contribution in [1.29, 1.82) is 5.41 Å². The highest BCUT2D eigenvalue weighted by Gasteiger charge is 2.48. The van der Waals surface area contributed by atoms with E-state index >= 15 is 0 Å². The third kappa shape index (κ3) is 2.17. The Kier molecular flexibility index (Phi) is 2.90. The smallest absolute Gasteiger partial charge is 0.161 e. The van der Waals surface area contributed by atoms with E-state index in [2.05, 4.69) is 0 Å². The number of fused-ring (bicyclic) bond motifs is 1. The lowest BCUT2D eigenvalue weighted by Crippen LogP contribution is -2.37. The topological polar surface area (TPSA) is 61.2 Å². The van der Waals surface area contributed by atoms with E-state index in [1.807, 2.05) is 36.9 Å². The second-order valence-electron chi connectivity index (χ2n) is 5.24. The summed E-state index contributed by atoms with van der Waals surface area (Å²) in [5.74, 6) is 0.367. The van der Waals surface area contributed by atoms with Crippen LogP contribution in [0.25, 0.3) is 0 Å². The zero-order valence-corrected chi connectivity index (χ0v) is 12.5. The number of sulfone groups is 1. The SMILES string of the molecule is Cc1ccc(N2C(=N)S[C@@H]3CS(=O)(=O)C[C@@H]32)cc1C. The predicted octanol–water partition coefficient (Wildman–Crippen LogP) is 1.96. The van der Waals surface area contributed by atoms with Crippen molar-refractivity contribution >= 4 is 32.5 Å². The molecule has 4 nitrogen and oxygen atoms in total. The number of anilines is 1. The number of aryl methyl sites for hydroxylation is 2. The lowest BCUT2D eigenvalue weighted by molar-refractivity contribution is 0.601. The standard InChI is InChI=1S/C13H16N2O2S2/c1-8-3-4-10(5-9(8)2)15-11-6-19(16,17)7-12(11)18-13(15)14/h3-5,11-12,14H,6-7H2,1-2H3/t11-,12+/m0/s1. The molecule has 0 bridgehead atoms. The van der Waals surface area contributed by atoms with Crippen LogP contribution in [-0.4, -0.2) is 36.4 Å². The predicted molar refractivity (Wildman–Crippen MR) is 79.9 cm³/mol. The second kappa shape index (κ2) is 4.24. The van der Waals surface area contributed by atoms with Gasteiger partial charge in [-0.1, -0.05) is 17.8 Å². The second-order valence-corrected chi connectivity index (χ2v) is 8.63. The van der Waals surface area contributed by atoms with Gasteiger partial charge < -0.3 is 4.90 Å². The molecular formula is C13H16N2O2S2. The molecule has 2 aliphatic heterocycles.